The Labute approximate surface area is 138 Å². The lowest BCUT2D eigenvalue weighted by Gasteiger charge is -2.06. The van der Waals surface area contributed by atoms with Crippen LogP contribution in [0.1, 0.15) is 12.0 Å². The number of halogens is 1. The summed E-state index contributed by atoms with van der Waals surface area (Å²) in [6, 6.07) is 13.5. The summed E-state index contributed by atoms with van der Waals surface area (Å²) >= 11 is 0. The van der Waals surface area contributed by atoms with E-state index in [1.165, 1.54) is 12.1 Å². The van der Waals surface area contributed by atoms with Gasteiger partial charge in [0, 0.05) is 26.6 Å². The van der Waals surface area contributed by atoms with E-state index in [-0.39, 0.29) is 23.8 Å². The van der Waals surface area contributed by atoms with E-state index >= 15 is 0 Å². The summed E-state index contributed by atoms with van der Waals surface area (Å²) in [5, 5.41) is 2.78. The molecule has 0 bridgehead atoms. The Kier molecular flexibility index (Phi) is 4.46. The number of rotatable bonds is 5. The molecule has 0 aliphatic heterocycles. The monoisotopic (exact) mass is 327 g/mol. The second-order valence-corrected chi connectivity index (χ2v) is 5.64. The van der Waals surface area contributed by atoms with Gasteiger partial charge < -0.3 is 5.32 Å². The molecule has 0 radical (unpaired) electrons. The first-order valence-electron chi connectivity index (χ1n) is 7.71. The Morgan fingerprint density at radius 2 is 1.75 bits per heavy atom. The van der Waals surface area contributed by atoms with Crippen molar-refractivity contribution in [3.05, 3.63) is 70.4 Å². The molecule has 0 atom stereocenters. The van der Waals surface area contributed by atoms with Crippen LogP contribution in [0.4, 0.5) is 4.39 Å². The predicted molar refractivity (Wildman–Crippen MR) is 90.0 cm³/mol. The van der Waals surface area contributed by atoms with E-state index in [2.05, 4.69) is 5.32 Å². The van der Waals surface area contributed by atoms with Gasteiger partial charge in [-0.25, -0.2) is 9.18 Å². The van der Waals surface area contributed by atoms with Crippen LogP contribution in [0.2, 0.25) is 0 Å². The first-order chi connectivity index (χ1) is 11.6. The number of nitrogens with one attached hydrogen (secondary N) is 1. The highest BCUT2D eigenvalue weighted by molar-refractivity contribution is 5.77. The van der Waals surface area contributed by atoms with Crippen molar-refractivity contribution in [3.63, 3.8) is 0 Å². The van der Waals surface area contributed by atoms with Crippen molar-refractivity contribution in [1.82, 2.24) is 14.5 Å². The maximum Gasteiger partial charge on any atom is 0.328 e. The maximum absolute atomic E-state index is 12.8. The first kappa shape index (κ1) is 16.0. The van der Waals surface area contributed by atoms with E-state index in [1.54, 1.807) is 28.3 Å². The lowest BCUT2D eigenvalue weighted by Crippen LogP contribution is -2.27. The van der Waals surface area contributed by atoms with Gasteiger partial charge in [0.05, 0.1) is 11.0 Å². The molecule has 24 heavy (non-hydrogen) atoms. The lowest BCUT2D eigenvalue weighted by atomic mass is 10.2. The van der Waals surface area contributed by atoms with Gasteiger partial charge in [-0.15, -0.1) is 0 Å². The summed E-state index contributed by atoms with van der Waals surface area (Å²) in [4.78, 5) is 24.3. The molecule has 0 fully saturated rings. The normalized spacial score (nSPS) is 10.9. The molecule has 124 valence electrons. The minimum Gasteiger partial charge on any atom is -0.352 e. The fraction of sp³-hybridized carbons (Fsp3) is 0.222. The molecule has 0 saturated carbocycles. The average Bonchev–Trinajstić information content (AvgIpc) is 2.84. The predicted octanol–water partition coefficient (Wildman–Crippen LogP) is 2.19. The lowest BCUT2D eigenvalue weighted by molar-refractivity contribution is -0.121. The van der Waals surface area contributed by atoms with Crippen molar-refractivity contribution >= 4 is 16.9 Å². The highest BCUT2D eigenvalue weighted by Crippen LogP contribution is 2.11. The fourth-order valence-corrected chi connectivity index (χ4v) is 2.68. The molecule has 2 aromatic carbocycles. The van der Waals surface area contributed by atoms with Crippen molar-refractivity contribution in [2.45, 2.75) is 19.5 Å². The highest BCUT2D eigenvalue weighted by atomic mass is 19.1. The average molecular weight is 327 g/mol. The van der Waals surface area contributed by atoms with Gasteiger partial charge in [0.15, 0.2) is 0 Å². The number of aryl methyl sites for hydroxylation is 2. The van der Waals surface area contributed by atoms with Crippen LogP contribution in [0, 0.1) is 5.82 Å². The quantitative estimate of drug-likeness (QED) is 0.781. The van der Waals surface area contributed by atoms with Crippen molar-refractivity contribution in [2.75, 3.05) is 0 Å². The molecule has 0 aliphatic carbocycles. The minimum atomic E-state index is -0.305. The molecule has 5 nitrogen and oxygen atoms in total. The third-order valence-electron chi connectivity index (χ3n) is 4.02. The summed E-state index contributed by atoms with van der Waals surface area (Å²) in [5.74, 6) is -0.459. The molecule has 0 unspecified atom stereocenters. The first-order valence-corrected chi connectivity index (χ1v) is 7.71. The summed E-state index contributed by atoms with van der Waals surface area (Å²) in [5.41, 5.74) is 2.35. The zero-order chi connectivity index (χ0) is 17.1. The van der Waals surface area contributed by atoms with Crippen molar-refractivity contribution in [3.8, 4) is 0 Å². The van der Waals surface area contributed by atoms with Crippen LogP contribution in [0.3, 0.4) is 0 Å². The number of imidazole rings is 1. The summed E-state index contributed by atoms with van der Waals surface area (Å²) in [7, 11) is 1.72. The number of aromatic nitrogens is 2. The number of carbonyl (C=O) groups excluding carboxylic acids is 1. The smallest absolute Gasteiger partial charge is 0.328 e. The van der Waals surface area contributed by atoms with E-state index in [0.717, 1.165) is 16.6 Å². The maximum atomic E-state index is 12.8. The molecule has 1 heterocycles. The molecule has 0 saturated heterocycles. The largest absolute Gasteiger partial charge is 0.352 e. The molecule has 0 spiro atoms. The minimum absolute atomic E-state index is 0.137. The number of hydrogen-bond acceptors (Lipinski definition) is 2. The molecule has 0 aliphatic rings. The van der Waals surface area contributed by atoms with Gasteiger partial charge in [0.2, 0.25) is 5.91 Å². The third kappa shape index (κ3) is 3.22. The Morgan fingerprint density at radius 3 is 2.46 bits per heavy atom. The van der Waals surface area contributed by atoms with Crippen molar-refractivity contribution in [2.24, 2.45) is 7.05 Å². The number of amides is 1. The van der Waals surface area contributed by atoms with Gasteiger partial charge in [0.25, 0.3) is 0 Å². The van der Waals surface area contributed by atoms with Crippen LogP contribution < -0.4 is 11.0 Å². The number of fused-ring (bicyclic) bond motifs is 1. The van der Waals surface area contributed by atoms with E-state index in [0.29, 0.717) is 13.1 Å². The topological polar surface area (TPSA) is 56.0 Å². The second kappa shape index (κ2) is 6.70. The molecule has 3 rings (SSSR count). The second-order valence-electron chi connectivity index (χ2n) is 5.64. The summed E-state index contributed by atoms with van der Waals surface area (Å²) < 4.78 is 16.0. The van der Waals surface area contributed by atoms with E-state index in [4.69, 9.17) is 0 Å². The Morgan fingerprint density at radius 1 is 1.08 bits per heavy atom. The molecular formula is C18H18FN3O2. The number of nitrogens with zero attached hydrogens (tertiary/aromatic N) is 2. The Bertz CT molecular complexity index is 926. The summed E-state index contributed by atoms with van der Waals surface area (Å²) in [6.07, 6.45) is 0.203. The fourth-order valence-electron chi connectivity index (χ4n) is 2.68. The number of carbonyl (C=O) groups is 1. The van der Waals surface area contributed by atoms with Gasteiger partial charge in [-0.05, 0) is 29.8 Å². The van der Waals surface area contributed by atoms with Crippen LogP contribution in [-0.4, -0.2) is 15.0 Å². The van der Waals surface area contributed by atoms with E-state index in [1.807, 2.05) is 24.3 Å². The third-order valence-corrected chi connectivity index (χ3v) is 4.02. The van der Waals surface area contributed by atoms with Gasteiger partial charge in [-0.1, -0.05) is 24.3 Å². The van der Waals surface area contributed by atoms with Crippen LogP contribution in [0.25, 0.3) is 11.0 Å². The molecule has 3 aromatic rings. The van der Waals surface area contributed by atoms with Crippen LogP contribution in [0.15, 0.2) is 53.3 Å². The number of hydrogen-bond donors (Lipinski definition) is 1. The zero-order valence-corrected chi connectivity index (χ0v) is 13.3. The summed E-state index contributed by atoms with van der Waals surface area (Å²) in [6.45, 7) is 0.652. The number of para-hydroxylation sites is 2. The van der Waals surface area contributed by atoms with Crippen LogP contribution >= 0.6 is 0 Å². The molecule has 1 aromatic heterocycles. The SMILES string of the molecule is Cn1c(=O)n(CCC(=O)NCc2ccc(F)cc2)c2ccccc21. The van der Waals surface area contributed by atoms with Crippen LogP contribution in [-0.2, 0) is 24.9 Å². The number of benzene rings is 2. The zero-order valence-electron chi connectivity index (χ0n) is 13.3. The Balaban J connectivity index is 1.63. The molecular weight excluding hydrogens is 309 g/mol. The van der Waals surface area contributed by atoms with Crippen LogP contribution in [0.5, 0.6) is 0 Å². The molecule has 1 amide bonds. The van der Waals surface area contributed by atoms with Gasteiger partial charge in [0.1, 0.15) is 5.82 Å². The standard InChI is InChI=1S/C18H18FN3O2/c1-21-15-4-2-3-5-16(15)22(18(21)24)11-10-17(23)20-12-13-6-8-14(19)9-7-13/h2-9H,10-12H2,1H3,(H,20,23). The molecule has 1 N–H and O–H groups in total. The van der Waals surface area contributed by atoms with Crippen molar-refractivity contribution < 1.29 is 9.18 Å². The van der Waals surface area contributed by atoms with E-state index < -0.39 is 0 Å². The highest BCUT2D eigenvalue weighted by Gasteiger charge is 2.11. The van der Waals surface area contributed by atoms with Gasteiger partial charge in [-0.3, -0.25) is 13.9 Å². The van der Waals surface area contributed by atoms with E-state index in [9.17, 15) is 14.0 Å². The Hall–Kier alpha value is -2.89. The van der Waals surface area contributed by atoms with Crippen molar-refractivity contribution in [1.29, 1.82) is 0 Å². The molecule has 6 heteroatoms. The van der Waals surface area contributed by atoms with Gasteiger partial charge in [-0.2, -0.15) is 0 Å². The van der Waals surface area contributed by atoms with Gasteiger partial charge >= 0.3 is 5.69 Å².